The van der Waals surface area contributed by atoms with Crippen LogP contribution in [0.3, 0.4) is 0 Å². The van der Waals surface area contributed by atoms with Crippen LogP contribution in [0.5, 0.6) is 0 Å². The molecule has 0 fully saturated rings. The van der Waals surface area contributed by atoms with Crippen molar-refractivity contribution in [1.29, 1.82) is 5.26 Å². The molecule has 2 aromatic rings. The third-order valence-electron chi connectivity index (χ3n) is 2.44. The van der Waals surface area contributed by atoms with Gasteiger partial charge in [-0.05, 0) is 28.4 Å². The number of hydrogen-bond donors (Lipinski definition) is 0. The number of aromatic nitrogens is 1. The van der Waals surface area contributed by atoms with Gasteiger partial charge in [-0.25, -0.2) is 4.39 Å². The first-order chi connectivity index (χ1) is 7.97. The molecule has 0 aliphatic carbocycles. The molecule has 0 aliphatic rings. The van der Waals surface area contributed by atoms with Crippen LogP contribution in [-0.2, 0) is 0 Å². The Balaban J connectivity index is 2.93. The number of halogens is 2. The summed E-state index contributed by atoms with van der Waals surface area (Å²) in [7, 11) is 3.47. The number of fused-ring (bicyclic) bond motifs is 1. The van der Waals surface area contributed by atoms with Crippen molar-refractivity contribution in [3.05, 3.63) is 21.4 Å². The summed E-state index contributed by atoms with van der Waals surface area (Å²) in [6, 6.07) is 2.29. The van der Waals surface area contributed by atoms with E-state index in [1.807, 2.05) is 6.07 Å². The smallest absolute Gasteiger partial charge is 0.297 e. The van der Waals surface area contributed by atoms with E-state index in [0.717, 1.165) is 0 Å². The first kappa shape index (κ1) is 11.9. The molecule has 4 nitrogen and oxygen atoms in total. The maximum absolute atomic E-state index is 13.9. The van der Waals surface area contributed by atoms with Gasteiger partial charge in [0, 0.05) is 14.1 Å². The van der Waals surface area contributed by atoms with Gasteiger partial charge in [0.15, 0.2) is 11.4 Å². The fourth-order valence-electron chi connectivity index (χ4n) is 1.51. The number of rotatable bonds is 1. The fourth-order valence-corrected chi connectivity index (χ4v) is 1.89. The Morgan fingerprint density at radius 1 is 1.47 bits per heavy atom. The molecule has 0 aliphatic heterocycles. The lowest BCUT2D eigenvalue weighted by molar-refractivity contribution is 0.549. The van der Waals surface area contributed by atoms with E-state index in [4.69, 9.17) is 9.68 Å². The Morgan fingerprint density at radius 3 is 2.65 bits per heavy atom. The summed E-state index contributed by atoms with van der Waals surface area (Å²) in [5.74, 6) is -0.530. The van der Waals surface area contributed by atoms with Gasteiger partial charge in [0.05, 0.1) is 10.0 Å². The molecule has 0 N–H and O–H groups in total. The zero-order valence-electron chi connectivity index (χ0n) is 9.51. The molecule has 0 radical (unpaired) electrons. The molecule has 1 aromatic heterocycles. The lowest BCUT2D eigenvalue weighted by Gasteiger charge is -2.03. The van der Waals surface area contributed by atoms with E-state index in [-0.39, 0.29) is 21.6 Å². The molecule has 6 heteroatoms. The predicted octanol–water partition coefficient (Wildman–Crippen LogP) is 2.98. The maximum atomic E-state index is 13.9. The summed E-state index contributed by atoms with van der Waals surface area (Å²) in [6.45, 7) is 1.66. The van der Waals surface area contributed by atoms with Crippen molar-refractivity contribution in [2.75, 3.05) is 19.0 Å². The second kappa shape index (κ2) is 4.00. The average Bonchev–Trinajstić information content (AvgIpc) is 2.72. The summed E-state index contributed by atoms with van der Waals surface area (Å²) >= 11 is 3.11. The molecular weight excluding hydrogens is 289 g/mol. The van der Waals surface area contributed by atoms with Crippen LogP contribution in [0.4, 0.5) is 10.4 Å². The van der Waals surface area contributed by atoms with E-state index >= 15 is 0 Å². The summed E-state index contributed by atoms with van der Waals surface area (Å²) in [5.41, 5.74) is 1.11. The Morgan fingerprint density at radius 2 is 2.12 bits per heavy atom. The second-order valence-corrected chi connectivity index (χ2v) is 4.60. The van der Waals surface area contributed by atoms with E-state index in [1.54, 1.807) is 25.9 Å². The van der Waals surface area contributed by atoms with Gasteiger partial charge in [0.2, 0.25) is 0 Å². The Hall–Kier alpha value is -1.61. The molecule has 0 unspecified atom stereocenters. The third-order valence-corrected chi connectivity index (χ3v) is 3.39. The monoisotopic (exact) mass is 297 g/mol. The highest BCUT2D eigenvalue weighted by atomic mass is 79.9. The molecule has 2 rings (SSSR count). The topological polar surface area (TPSA) is 53.1 Å². The highest BCUT2D eigenvalue weighted by molar-refractivity contribution is 9.10. The Labute approximate surface area is 106 Å². The van der Waals surface area contributed by atoms with Crippen molar-refractivity contribution in [2.24, 2.45) is 0 Å². The highest BCUT2D eigenvalue weighted by Crippen LogP contribution is 2.34. The molecule has 0 saturated carbocycles. The normalized spacial score (nSPS) is 10.6. The predicted molar refractivity (Wildman–Crippen MR) is 65.4 cm³/mol. The lowest BCUT2D eigenvalue weighted by atomic mass is 10.1. The second-order valence-electron chi connectivity index (χ2n) is 3.81. The van der Waals surface area contributed by atoms with Gasteiger partial charge in [0.25, 0.3) is 6.01 Å². The van der Waals surface area contributed by atoms with Crippen LogP contribution in [0, 0.1) is 24.1 Å². The van der Waals surface area contributed by atoms with Crippen LogP contribution in [0.1, 0.15) is 11.1 Å². The molecule has 0 atom stereocenters. The summed E-state index contributed by atoms with van der Waals surface area (Å²) in [4.78, 5) is 5.74. The van der Waals surface area contributed by atoms with Crippen molar-refractivity contribution in [3.63, 3.8) is 0 Å². The molecule has 88 valence electrons. The van der Waals surface area contributed by atoms with Crippen molar-refractivity contribution in [2.45, 2.75) is 6.92 Å². The van der Waals surface area contributed by atoms with Gasteiger partial charge in [-0.3, -0.25) is 0 Å². The van der Waals surface area contributed by atoms with Crippen molar-refractivity contribution in [3.8, 4) is 6.07 Å². The van der Waals surface area contributed by atoms with E-state index in [1.165, 1.54) is 0 Å². The van der Waals surface area contributed by atoms with Crippen LogP contribution >= 0.6 is 15.9 Å². The number of benzene rings is 1. The highest BCUT2D eigenvalue weighted by Gasteiger charge is 2.21. The van der Waals surface area contributed by atoms with Crippen molar-refractivity contribution >= 4 is 33.0 Å². The van der Waals surface area contributed by atoms with E-state index in [9.17, 15) is 4.39 Å². The van der Waals surface area contributed by atoms with Gasteiger partial charge in [-0.1, -0.05) is 0 Å². The molecule has 1 heterocycles. The molecule has 17 heavy (non-hydrogen) atoms. The first-order valence-corrected chi connectivity index (χ1v) is 5.62. The minimum atomic E-state index is -0.530. The molecule has 0 bridgehead atoms. The molecule has 0 amide bonds. The van der Waals surface area contributed by atoms with Gasteiger partial charge in [0.1, 0.15) is 11.6 Å². The largest absolute Gasteiger partial charge is 0.420 e. The number of nitriles is 1. The summed E-state index contributed by atoms with van der Waals surface area (Å²) < 4.78 is 19.5. The molecular formula is C11H9BrFN3O. The molecule has 0 saturated heterocycles. The van der Waals surface area contributed by atoms with Crippen LogP contribution in [0.25, 0.3) is 11.1 Å². The Kier molecular flexibility index (Phi) is 2.79. The third kappa shape index (κ3) is 1.67. The number of anilines is 1. The Bertz CT molecular complexity index is 642. The van der Waals surface area contributed by atoms with Gasteiger partial charge in [-0.2, -0.15) is 10.2 Å². The maximum Gasteiger partial charge on any atom is 0.297 e. The van der Waals surface area contributed by atoms with E-state index in [0.29, 0.717) is 11.1 Å². The van der Waals surface area contributed by atoms with Gasteiger partial charge >= 0.3 is 0 Å². The summed E-state index contributed by atoms with van der Waals surface area (Å²) in [5, 5.41) is 9.09. The standard InChI is InChI=1S/C11H9BrFN3O/c1-5-6(4-14)9-10(8(13)7(5)12)17-11(15-9)16(2)3/h1-3H3. The number of nitrogens with zero attached hydrogens (tertiary/aromatic N) is 3. The zero-order valence-corrected chi connectivity index (χ0v) is 11.1. The van der Waals surface area contributed by atoms with Crippen LogP contribution in [0.15, 0.2) is 8.89 Å². The fraction of sp³-hybridized carbons (Fsp3) is 0.273. The minimum absolute atomic E-state index is 0.00252. The van der Waals surface area contributed by atoms with Crippen LogP contribution < -0.4 is 4.90 Å². The van der Waals surface area contributed by atoms with E-state index in [2.05, 4.69) is 20.9 Å². The quantitative estimate of drug-likeness (QED) is 0.812. The molecule has 1 aromatic carbocycles. The average molecular weight is 298 g/mol. The van der Waals surface area contributed by atoms with Crippen molar-refractivity contribution in [1.82, 2.24) is 4.98 Å². The minimum Gasteiger partial charge on any atom is -0.420 e. The number of oxazole rings is 1. The van der Waals surface area contributed by atoms with Crippen LogP contribution in [0.2, 0.25) is 0 Å². The van der Waals surface area contributed by atoms with Crippen molar-refractivity contribution < 1.29 is 8.81 Å². The molecule has 0 spiro atoms. The van der Waals surface area contributed by atoms with Gasteiger partial charge in [-0.15, -0.1) is 0 Å². The van der Waals surface area contributed by atoms with Crippen LogP contribution in [-0.4, -0.2) is 19.1 Å². The first-order valence-electron chi connectivity index (χ1n) is 4.83. The van der Waals surface area contributed by atoms with E-state index < -0.39 is 5.82 Å². The summed E-state index contributed by atoms with van der Waals surface area (Å²) in [6.07, 6.45) is 0. The van der Waals surface area contributed by atoms with Gasteiger partial charge < -0.3 is 9.32 Å². The zero-order chi connectivity index (χ0) is 12.7. The lowest BCUT2D eigenvalue weighted by Crippen LogP contribution is -2.08. The SMILES string of the molecule is Cc1c(Br)c(F)c2oc(N(C)C)nc2c1C#N. The number of hydrogen-bond acceptors (Lipinski definition) is 4.